The van der Waals surface area contributed by atoms with Crippen molar-refractivity contribution in [2.45, 2.75) is 51.6 Å². The van der Waals surface area contributed by atoms with Gasteiger partial charge in [0.15, 0.2) is 5.82 Å². The Balaban J connectivity index is 1.43. The number of aryl methyl sites for hydroxylation is 1. The Morgan fingerprint density at radius 1 is 0.938 bits per heavy atom. The van der Waals surface area contributed by atoms with Crippen LogP contribution in [0.15, 0.2) is 42.5 Å². The second-order valence-corrected chi connectivity index (χ2v) is 9.12. The van der Waals surface area contributed by atoms with E-state index in [1.165, 1.54) is 29.7 Å². The van der Waals surface area contributed by atoms with Gasteiger partial charge in [0.25, 0.3) is 0 Å². The van der Waals surface area contributed by atoms with Gasteiger partial charge in [0.05, 0.1) is 12.1 Å². The monoisotopic (exact) mass is 434 g/mol. The zero-order chi connectivity index (χ0) is 22.1. The minimum atomic E-state index is -0.220. The largest absolute Gasteiger partial charge is 0.369 e. The molecular weight excluding hydrogens is 403 g/mol. The van der Waals surface area contributed by atoms with Crippen LogP contribution >= 0.6 is 0 Å². The van der Waals surface area contributed by atoms with Crippen molar-refractivity contribution in [2.75, 3.05) is 31.1 Å². The van der Waals surface area contributed by atoms with Gasteiger partial charge in [-0.25, -0.2) is 9.07 Å². The highest BCUT2D eigenvalue weighted by Crippen LogP contribution is 2.35. The van der Waals surface area contributed by atoms with E-state index in [1.54, 1.807) is 12.1 Å². The fourth-order valence-corrected chi connectivity index (χ4v) is 5.26. The Labute approximate surface area is 189 Å². The quantitative estimate of drug-likeness (QED) is 0.594. The molecule has 2 heterocycles. The molecular formula is C25H31FN6. The van der Waals surface area contributed by atoms with Crippen molar-refractivity contribution in [3.63, 3.8) is 0 Å². The molecule has 0 N–H and O–H groups in total. The summed E-state index contributed by atoms with van der Waals surface area (Å²) in [5, 5.41) is 12.9. The molecule has 5 rings (SSSR count). The molecule has 32 heavy (non-hydrogen) atoms. The van der Waals surface area contributed by atoms with Crippen LogP contribution < -0.4 is 4.90 Å². The summed E-state index contributed by atoms with van der Waals surface area (Å²) in [6.45, 7) is 8.04. The van der Waals surface area contributed by atoms with E-state index < -0.39 is 0 Å². The summed E-state index contributed by atoms with van der Waals surface area (Å²) in [5.41, 5.74) is 5.03. The van der Waals surface area contributed by atoms with Crippen LogP contribution in [-0.4, -0.2) is 51.3 Å². The van der Waals surface area contributed by atoms with Gasteiger partial charge in [0.1, 0.15) is 5.82 Å². The van der Waals surface area contributed by atoms with Crippen LogP contribution in [0.4, 0.5) is 10.1 Å². The van der Waals surface area contributed by atoms with E-state index in [4.69, 9.17) is 0 Å². The maximum Gasteiger partial charge on any atom is 0.173 e. The molecule has 168 valence electrons. The second kappa shape index (κ2) is 8.98. The van der Waals surface area contributed by atoms with E-state index in [0.29, 0.717) is 6.04 Å². The lowest BCUT2D eigenvalue weighted by atomic mass is 10.0. The highest BCUT2D eigenvalue weighted by atomic mass is 19.1. The van der Waals surface area contributed by atoms with E-state index in [0.717, 1.165) is 50.4 Å². The van der Waals surface area contributed by atoms with E-state index in [1.807, 2.05) is 16.8 Å². The highest BCUT2D eigenvalue weighted by Gasteiger charge is 2.33. The molecule has 1 atom stereocenters. The highest BCUT2D eigenvalue weighted by molar-refractivity contribution is 5.56. The van der Waals surface area contributed by atoms with Gasteiger partial charge in [-0.1, -0.05) is 37.1 Å². The van der Waals surface area contributed by atoms with Crippen LogP contribution in [0.1, 0.15) is 60.3 Å². The molecule has 1 saturated heterocycles. The summed E-state index contributed by atoms with van der Waals surface area (Å²) in [5.74, 6) is 0.659. The zero-order valence-electron chi connectivity index (χ0n) is 18.9. The Morgan fingerprint density at radius 2 is 1.66 bits per heavy atom. The van der Waals surface area contributed by atoms with Crippen LogP contribution in [0, 0.1) is 19.7 Å². The number of rotatable bonds is 5. The number of nitrogens with zero attached hydrogens (tertiary/aromatic N) is 6. The van der Waals surface area contributed by atoms with Crippen molar-refractivity contribution in [2.24, 2.45) is 0 Å². The summed E-state index contributed by atoms with van der Waals surface area (Å²) >= 11 is 0. The smallest absolute Gasteiger partial charge is 0.173 e. The zero-order valence-corrected chi connectivity index (χ0v) is 18.9. The molecule has 0 radical (unpaired) electrons. The Morgan fingerprint density at radius 3 is 2.38 bits per heavy atom. The predicted molar refractivity (Wildman–Crippen MR) is 123 cm³/mol. The molecule has 0 spiro atoms. The molecule has 2 fully saturated rings. The van der Waals surface area contributed by atoms with Gasteiger partial charge >= 0.3 is 0 Å². The minimum absolute atomic E-state index is 0.0769. The van der Waals surface area contributed by atoms with Crippen molar-refractivity contribution in [1.29, 1.82) is 0 Å². The van der Waals surface area contributed by atoms with Crippen molar-refractivity contribution in [1.82, 2.24) is 25.1 Å². The standard InChI is InChI=1S/C25H31FN6/c1-18-6-5-9-23(19(18)2)30-14-16-31(17-15-30)24(20-10-12-21(26)13-11-20)25-27-28-29-32(25)22-7-3-4-8-22/h5-6,9-13,22,24H,3-4,7-8,14-17H2,1-2H3/t24-/m1/s1. The first-order valence-corrected chi connectivity index (χ1v) is 11.7. The van der Waals surface area contributed by atoms with Gasteiger partial charge in [0, 0.05) is 31.9 Å². The number of benzene rings is 2. The number of piperazine rings is 1. The number of anilines is 1. The summed E-state index contributed by atoms with van der Waals surface area (Å²) in [6, 6.07) is 13.7. The number of aromatic nitrogens is 4. The Hall–Kier alpha value is -2.80. The first-order chi connectivity index (χ1) is 15.6. The maximum absolute atomic E-state index is 13.7. The molecule has 0 bridgehead atoms. The van der Waals surface area contributed by atoms with Crippen molar-refractivity contribution >= 4 is 5.69 Å². The van der Waals surface area contributed by atoms with E-state index in [-0.39, 0.29) is 11.9 Å². The fourth-order valence-electron chi connectivity index (χ4n) is 5.26. The first-order valence-electron chi connectivity index (χ1n) is 11.7. The number of halogens is 1. The summed E-state index contributed by atoms with van der Waals surface area (Å²) < 4.78 is 15.7. The lowest BCUT2D eigenvalue weighted by molar-refractivity contribution is 0.197. The van der Waals surface area contributed by atoms with Gasteiger partial charge in [0.2, 0.25) is 0 Å². The van der Waals surface area contributed by atoms with Crippen LogP contribution in [0.2, 0.25) is 0 Å². The average Bonchev–Trinajstić information content (AvgIpc) is 3.50. The fraction of sp³-hybridized carbons (Fsp3) is 0.480. The van der Waals surface area contributed by atoms with E-state index >= 15 is 0 Å². The van der Waals surface area contributed by atoms with Crippen LogP contribution in [0.25, 0.3) is 0 Å². The van der Waals surface area contributed by atoms with Gasteiger partial charge in [-0.05, 0) is 72.0 Å². The molecule has 1 aliphatic carbocycles. The van der Waals surface area contributed by atoms with Crippen molar-refractivity contribution in [3.8, 4) is 0 Å². The molecule has 1 aromatic heterocycles. The molecule has 3 aromatic rings. The van der Waals surface area contributed by atoms with Crippen LogP contribution in [0.5, 0.6) is 0 Å². The second-order valence-electron chi connectivity index (χ2n) is 9.12. The SMILES string of the molecule is Cc1cccc(N2CCN([C@H](c3ccc(F)cc3)c3nnnn3C3CCCC3)CC2)c1C. The van der Waals surface area contributed by atoms with Crippen LogP contribution in [-0.2, 0) is 0 Å². The molecule has 1 saturated carbocycles. The summed E-state index contributed by atoms with van der Waals surface area (Å²) in [7, 11) is 0. The number of hydrogen-bond acceptors (Lipinski definition) is 5. The molecule has 0 unspecified atom stereocenters. The molecule has 2 aliphatic rings. The third kappa shape index (κ3) is 4.01. The third-order valence-electron chi connectivity index (χ3n) is 7.22. The normalized spacial score (nSPS) is 18.9. The molecule has 1 aliphatic heterocycles. The van der Waals surface area contributed by atoms with E-state index in [2.05, 4.69) is 57.4 Å². The molecule has 7 heteroatoms. The Bertz CT molecular complexity index is 1050. The number of tetrazole rings is 1. The summed E-state index contributed by atoms with van der Waals surface area (Å²) in [4.78, 5) is 4.92. The average molecular weight is 435 g/mol. The Kier molecular flexibility index (Phi) is 5.91. The molecule has 2 aromatic carbocycles. The summed E-state index contributed by atoms with van der Waals surface area (Å²) in [6.07, 6.45) is 4.68. The van der Waals surface area contributed by atoms with Crippen molar-refractivity contribution < 1.29 is 4.39 Å². The lowest BCUT2D eigenvalue weighted by Crippen LogP contribution is -2.48. The molecule has 0 amide bonds. The van der Waals surface area contributed by atoms with E-state index in [9.17, 15) is 4.39 Å². The maximum atomic E-state index is 13.7. The van der Waals surface area contributed by atoms with Crippen LogP contribution in [0.3, 0.4) is 0 Å². The molecule has 6 nitrogen and oxygen atoms in total. The predicted octanol–water partition coefficient (Wildman–Crippen LogP) is 4.46. The van der Waals surface area contributed by atoms with Crippen molar-refractivity contribution in [3.05, 3.63) is 70.8 Å². The minimum Gasteiger partial charge on any atom is -0.369 e. The van der Waals surface area contributed by atoms with Gasteiger partial charge < -0.3 is 4.90 Å². The van der Waals surface area contributed by atoms with Gasteiger partial charge in [-0.2, -0.15) is 0 Å². The topological polar surface area (TPSA) is 50.1 Å². The first kappa shape index (κ1) is 21.1. The lowest BCUT2D eigenvalue weighted by Gasteiger charge is -2.40. The van der Waals surface area contributed by atoms with Gasteiger partial charge in [-0.3, -0.25) is 4.90 Å². The van der Waals surface area contributed by atoms with Gasteiger partial charge in [-0.15, -0.1) is 5.10 Å². The number of hydrogen-bond donors (Lipinski definition) is 0. The third-order valence-corrected chi connectivity index (χ3v) is 7.22.